The van der Waals surface area contributed by atoms with E-state index in [4.69, 9.17) is 13.9 Å². The molecule has 0 fully saturated rings. The first-order chi connectivity index (χ1) is 14.7. The van der Waals surface area contributed by atoms with Gasteiger partial charge in [-0.3, -0.25) is 9.59 Å². The van der Waals surface area contributed by atoms with Crippen LogP contribution in [0.1, 0.15) is 21.7 Å². The average Bonchev–Trinajstić information content (AvgIpc) is 3.45. The Morgan fingerprint density at radius 2 is 1.80 bits per heavy atom. The number of ether oxygens (including phenoxy) is 2. The van der Waals surface area contributed by atoms with Crippen molar-refractivity contribution >= 4 is 17.9 Å². The van der Waals surface area contributed by atoms with Gasteiger partial charge in [-0.1, -0.05) is 36.4 Å². The molecule has 2 aromatic carbocycles. The second-order valence-electron chi connectivity index (χ2n) is 6.59. The highest BCUT2D eigenvalue weighted by Crippen LogP contribution is 2.33. The molecule has 7 nitrogen and oxygen atoms in total. The lowest BCUT2D eigenvalue weighted by atomic mass is 10.1. The quantitative estimate of drug-likeness (QED) is 0.591. The summed E-state index contributed by atoms with van der Waals surface area (Å²) in [6.45, 7) is 0.586. The van der Waals surface area contributed by atoms with Gasteiger partial charge in [-0.25, -0.2) is 0 Å². The van der Waals surface area contributed by atoms with Gasteiger partial charge >= 0.3 is 0 Å². The normalized spacial score (nSPS) is 12.5. The molecule has 1 aliphatic heterocycles. The zero-order valence-corrected chi connectivity index (χ0v) is 16.1. The smallest absolute Gasteiger partial charge is 0.291 e. The van der Waals surface area contributed by atoms with Crippen LogP contribution in [-0.2, 0) is 11.2 Å². The molecule has 0 saturated carbocycles. The maximum atomic E-state index is 12.8. The Labute approximate surface area is 173 Å². The van der Waals surface area contributed by atoms with Crippen molar-refractivity contribution in [1.29, 1.82) is 0 Å². The molecule has 0 atom stereocenters. The van der Waals surface area contributed by atoms with Crippen molar-refractivity contribution in [2.45, 2.75) is 6.42 Å². The van der Waals surface area contributed by atoms with E-state index in [9.17, 15) is 9.59 Å². The number of carbonyl (C=O) groups is 2. The van der Waals surface area contributed by atoms with Crippen molar-refractivity contribution in [3.05, 3.63) is 89.5 Å². The second-order valence-corrected chi connectivity index (χ2v) is 6.59. The fraction of sp³-hybridized carbons (Fsp3) is 0.130. The van der Waals surface area contributed by atoms with E-state index in [2.05, 4.69) is 10.6 Å². The number of carbonyl (C=O) groups excluding carboxylic acids is 2. The number of fused-ring (bicyclic) bond motifs is 1. The molecule has 1 aromatic heterocycles. The minimum atomic E-state index is -0.509. The van der Waals surface area contributed by atoms with Gasteiger partial charge in [0.25, 0.3) is 11.8 Å². The Kier molecular flexibility index (Phi) is 5.80. The molecule has 0 unspecified atom stereocenters. The van der Waals surface area contributed by atoms with Gasteiger partial charge < -0.3 is 24.5 Å². The average molecular weight is 404 g/mol. The Morgan fingerprint density at radius 1 is 0.967 bits per heavy atom. The summed E-state index contributed by atoms with van der Waals surface area (Å²) in [4.78, 5) is 25.2. The largest absolute Gasteiger partial charge is 0.459 e. The third-order valence-corrected chi connectivity index (χ3v) is 4.49. The first kappa shape index (κ1) is 19.3. The van der Waals surface area contributed by atoms with E-state index in [0.717, 1.165) is 5.56 Å². The minimum Gasteiger partial charge on any atom is -0.459 e. The zero-order valence-electron chi connectivity index (χ0n) is 16.1. The van der Waals surface area contributed by atoms with Crippen LogP contribution in [0, 0.1) is 0 Å². The lowest BCUT2D eigenvalue weighted by molar-refractivity contribution is -0.117. The molecule has 0 bridgehead atoms. The molecule has 3 aromatic rings. The SMILES string of the molecule is O=C(NCCc1ccccc1)/C(=C\c1ccc2c(c1)OCO2)NC(=O)c1ccco1. The molecule has 0 aliphatic carbocycles. The van der Waals surface area contributed by atoms with Crippen molar-refractivity contribution in [2.75, 3.05) is 13.3 Å². The van der Waals surface area contributed by atoms with Crippen LogP contribution < -0.4 is 20.1 Å². The van der Waals surface area contributed by atoms with Gasteiger partial charge in [-0.05, 0) is 47.9 Å². The van der Waals surface area contributed by atoms with Crippen LogP contribution >= 0.6 is 0 Å². The standard InChI is InChI=1S/C23H20N2O5/c26-22(24-11-10-16-5-2-1-3-6-16)18(25-23(27)20-7-4-12-28-20)13-17-8-9-19-21(14-17)30-15-29-19/h1-9,12-14H,10-11,15H2,(H,24,26)(H,25,27)/b18-13+. The highest BCUT2D eigenvalue weighted by molar-refractivity contribution is 6.04. The third kappa shape index (κ3) is 4.70. The molecule has 7 heteroatoms. The van der Waals surface area contributed by atoms with Crippen molar-refractivity contribution in [3.63, 3.8) is 0 Å². The van der Waals surface area contributed by atoms with E-state index < -0.39 is 11.8 Å². The second kappa shape index (κ2) is 9.00. The fourth-order valence-corrected chi connectivity index (χ4v) is 2.98. The predicted octanol–water partition coefficient (Wildman–Crippen LogP) is 3.14. The monoisotopic (exact) mass is 404 g/mol. The van der Waals surface area contributed by atoms with Gasteiger partial charge in [-0.2, -0.15) is 0 Å². The summed E-state index contributed by atoms with van der Waals surface area (Å²) in [5.74, 6) is 0.433. The van der Waals surface area contributed by atoms with Crippen LogP contribution in [0.3, 0.4) is 0 Å². The summed E-state index contributed by atoms with van der Waals surface area (Å²) in [7, 11) is 0. The van der Waals surface area contributed by atoms with Crippen molar-refractivity contribution in [2.24, 2.45) is 0 Å². The summed E-state index contributed by atoms with van der Waals surface area (Å²) in [5.41, 5.74) is 1.90. The Balaban J connectivity index is 1.50. The van der Waals surface area contributed by atoms with E-state index in [1.165, 1.54) is 12.3 Å². The number of nitrogens with one attached hydrogen (secondary N) is 2. The molecule has 4 rings (SSSR count). The third-order valence-electron chi connectivity index (χ3n) is 4.49. The van der Waals surface area contributed by atoms with Crippen LogP contribution in [0.4, 0.5) is 0 Å². The molecule has 30 heavy (non-hydrogen) atoms. The molecule has 2 heterocycles. The Bertz CT molecular complexity index is 1060. The van der Waals surface area contributed by atoms with E-state index in [0.29, 0.717) is 30.0 Å². The Hall–Kier alpha value is -4.00. The van der Waals surface area contributed by atoms with Gasteiger partial charge in [-0.15, -0.1) is 0 Å². The molecule has 152 valence electrons. The van der Waals surface area contributed by atoms with E-state index in [1.807, 2.05) is 30.3 Å². The lowest BCUT2D eigenvalue weighted by Crippen LogP contribution is -2.35. The molecule has 0 radical (unpaired) electrons. The Morgan fingerprint density at radius 3 is 2.60 bits per heavy atom. The molecule has 0 spiro atoms. The van der Waals surface area contributed by atoms with Crippen LogP contribution in [0.2, 0.25) is 0 Å². The van der Waals surface area contributed by atoms with Crippen molar-refractivity contribution in [3.8, 4) is 11.5 Å². The number of rotatable bonds is 7. The highest BCUT2D eigenvalue weighted by Gasteiger charge is 2.18. The minimum absolute atomic E-state index is 0.100. The maximum Gasteiger partial charge on any atom is 0.291 e. The topological polar surface area (TPSA) is 89.8 Å². The summed E-state index contributed by atoms with van der Waals surface area (Å²) < 4.78 is 15.8. The van der Waals surface area contributed by atoms with E-state index in [1.54, 1.807) is 30.3 Å². The molecule has 0 saturated heterocycles. The predicted molar refractivity (Wildman–Crippen MR) is 110 cm³/mol. The van der Waals surface area contributed by atoms with E-state index in [-0.39, 0.29) is 18.3 Å². The first-order valence-corrected chi connectivity index (χ1v) is 9.47. The van der Waals surface area contributed by atoms with E-state index >= 15 is 0 Å². The summed E-state index contributed by atoms with van der Waals surface area (Å²) in [6.07, 6.45) is 3.66. The summed E-state index contributed by atoms with van der Waals surface area (Å²) in [5, 5.41) is 5.47. The van der Waals surface area contributed by atoms with Crippen LogP contribution in [0.25, 0.3) is 6.08 Å². The van der Waals surface area contributed by atoms with Crippen LogP contribution in [0.15, 0.2) is 77.0 Å². The van der Waals surface area contributed by atoms with Gasteiger partial charge in [0.15, 0.2) is 17.3 Å². The molecule has 2 amide bonds. The summed E-state index contributed by atoms with van der Waals surface area (Å²) >= 11 is 0. The van der Waals surface area contributed by atoms with Gasteiger partial charge in [0, 0.05) is 6.54 Å². The molecule has 2 N–H and O–H groups in total. The van der Waals surface area contributed by atoms with Gasteiger partial charge in [0.2, 0.25) is 6.79 Å². The number of hydrogen-bond acceptors (Lipinski definition) is 5. The number of furan rings is 1. The van der Waals surface area contributed by atoms with Gasteiger partial charge in [0.1, 0.15) is 5.70 Å². The maximum absolute atomic E-state index is 12.8. The molecular weight excluding hydrogens is 384 g/mol. The van der Waals surface area contributed by atoms with Gasteiger partial charge in [0.05, 0.1) is 6.26 Å². The molecular formula is C23H20N2O5. The van der Waals surface area contributed by atoms with Crippen molar-refractivity contribution in [1.82, 2.24) is 10.6 Å². The van der Waals surface area contributed by atoms with Crippen molar-refractivity contribution < 1.29 is 23.5 Å². The fourth-order valence-electron chi connectivity index (χ4n) is 2.98. The number of benzene rings is 2. The zero-order chi connectivity index (χ0) is 20.8. The number of amides is 2. The first-order valence-electron chi connectivity index (χ1n) is 9.47. The highest BCUT2D eigenvalue weighted by atomic mass is 16.7. The van der Waals surface area contributed by atoms with Crippen LogP contribution in [-0.4, -0.2) is 25.2 Å². The van der Waals surface area contributed by atoms with Crippen LogP contribution in [0.5, 0.6) is 11.5 Å². The lowest BCUT2D eigenvalue weighted by Gasteiger charge is -2.11. The molecule has 1 aliphatic rings. The summed E-state index contributed by atoms with van der Waals surface area (Å²) in [6, 6.07) is 18.3. The number of hydrogen-bond donors (Lipinski definition) is 2.